The molecule has 0 bridgehead atoms. The molecule has 1 aliphatic rings. The molecule has 0 unspecified atom stereocenters. The number of rotatable bonds is 5. The highest BCUT2D eigenvalue weighted by Crippen LogP contribution is 2.36. The number of aliphatic hydroxyl groups is 1. The van der Waals surface area contributed by atoms with Gasteiger partial charge in [0.15, 0.2) is 0 Å². The summed E-state index contributed by atoms with van der Waals surface area (Å²) in [6.07, 6.45) is 3.80. The fourth-order valence-corrected chi connectivity index (χ4v) is 2.88. The number of carbonyl (C=O) groups is 1. The third kappa shape index (κ3) is 3.41. The van der Waals surface area contributed by atoms with Crippen LogP contribution in [0.3, 0.4) is 0 Å². The summed E-state index contributed by atoms with van der Waals surface area (Å²) < 4.78 is 5.36. The number of hydrogen-bond donors (Lipinski definition) is 2. The Kier molecular flexibility index (Phi) is 4.81. The van der Waals surface area contributed by atoms with Crippen molar-refractivity contribution in [2.45, 2.75) is 38.5 Å². The molecule has 24 heavy (non-hydrogen) atoms. The molecule has 1 saturated carbocycles. The first kappa shape index (κ1) is 16.5. The molecule has 126 valence electrons. The van der Waals surface area contributed by atoms with Gasteiger partial charge in [0.25, 0.3) is 5.91 Å². The van der Waals surface area contributed by atoms with Crippen LogP contribution < -0.4 is 10.9 Å². The lowest BCUT2D eigenvalue weighted by Crippen LogP contribution is -2.24. The zero-order valence-corrected chi connectivity index (χ0v) is 13.7. The standard InChI is InChI=1S/C19H21NO4/c1-12-11-16(14-3-2-4-14)24-19(23)17(12)18(22)20-15-7-5-13(6-8-15)9-10-21/h5-8,11,14,21H,2-4,9-10H2,1H3,(H,20,22). The van der Waals surface area contributed by atoms with E-state index in [0.717, 1.165) is 24.8 Å². The van der Waals surface area contributed by atoms with Crippen LogP contribution in [0, 0.1) is 6.92 Å². The second-order valence-corrected chi connectivity index (χ2v) is 6.25. The van der Waals surface area contributed by atoms with Gasteiger partial charge in [0.05, 0.1) is 0 Å². The molecular weight excluding hydrogens is 306 g/mol. The van der Waals surface area contributed by atoms with E-state index in [1.807, 2.05) is 18.2 Å². The molecule has 2 aromatic rings. The molecule has 0 aliphatic heterocycles. The molecule has 0 atom stereocenters. The summed E-state index contributed by atoms with van der Waals surface area (Å²) >= 11 is 0. The van der Waals surface area contributed by atoms with Gasteiger partial charge in [-0.2, -0.15) is 0 Å². The fraction of sp³-hybridized carbons (Fsp3) is 0.368. The zero-order chi connectivity index (χ0) is 17.1. The van der Waals surface area contributed by atoms with Crippen molar-refractivity contribution in [1.29, 1.82) is 0 Å². The average Bonchev–Trinajstić information content (AvgIpc) is 2.47. The van der Waals surface area contributed by atoms with Gasteiger partial charge in [0.1, 0.15) is 11.3 Å². The monoisotopic (exact) mass is 327 g/mol. The summed E-state index contributed by atoms with van der Waals surface area (Å²) in [6, 6.07) is 8.98. The number of anilines is 1. The van der Waals surface area contributed by atoms with Gasteiger partial charge in [-0.25, -0.2) is 4.79 Å². The number of benzene rings is 1. The van der Waals surface area contributed by atoms with Crippen LogP contribution in [0.5, 0.6) is 0 Å². The summed E-state index contributed by atoms with van der Waals surface area (Å²) in [4.78, 5) is 24.6. The Bertz CT molecular complexity index is 788. The van der Waals surface area contributed by atoms with Crippen LogP contribution in [-0.4, -0.2) is 17.6 Å². The van der Waals surface area contributed by atoms with E-state index in [2.05, 4.69) is 5.32 Å². The summed E-state index contributed by atoms with van der Waals surface area (Å²) in [6.45, 7) is 1.84. The molecule has 3 rings (SSSR count). The van der Waals surface area contributed by atoms with E-state index in [9.17, 15) is 9.59 Å². The summed E-state index contributed by atoms with van der Waals surface area (Å²) in [5.74, 6) is 0.539. The smallest absolute Gasteiger partial charge is 0.349 e. The van der Waals surface area contributed by atoms with Crippen LogP contribution in [-0.2, 0) is 6.42 Å². The van der Waals surface area contributed by atoms with Gasteiger partial charge in [0.2, 0.25) is 0 Å². The van der Waals surface area contributed by atoms with Crippen molar-refractivity contribution < 1.29 is 14.3 Å². The molecule has 5 heteroatoms. The number of amides is 1. The lowest BCUT2D eigenvalue weighted by atomic mass is 9.83. The van der Waals surface area contributed by atoms with Gasteiger partial charge in [-0.3, -0.25) is 4.79 Å². The lowest BCUT2D eigenvalue weighted by molar-refractivity contribution is 0.102. The Balaban J connectivity index is 1.78. The highest BCUT2D eigenvalue weighted by Gasteiger charge is 2.25. The molecule has 5 nitrogen and oxygen atoms in total. The molecular formula is C19H21NO4. The maximum atomic E-state index is 12.4. The maximum absolute atomic E-state index is 12.4. The quantitative estimate of drug-likeness (QED) is 0.885. The molecule has 0 radical (unpaired) electrons. The van der Waals surface area contributed by atoms with Gasteiger partial charge in [-0.05, 0) is 55.5 Å². The van der Waals surface area contributed by atoms with Crippen LogP contribution in [0.4, 0.5) is 5.69 Å². The van der Waals surface area contributed by atoms with E-state index in [0.29, 0.717) is 29.3 Å². The van der Waals surface area contributed by atoms with Crippen molar-refractivity contribution in [3.8, 4) is 0 Å². The molecule has 0 spiro atoms. The third-order valence-corrected chi connectivity index (χ3v) is 4.51. The van der Waals surface area contributed by atoms with Crippen molar-refractivity contribution in [3.05, 3.63) is 63.2 Å². The van der Waals surface area contributed by atoms with Crippen LogP contribution in [0.1, 0.15) is 52.4 Å². The Morgan fingerprint density at radius 2 is 2.00 bits per heavy atom. The number of hydrogen-bond acceptors (Lipinski definition) is 4. The van der Waals surface area contributed by atoms with Gasteiger partial charge in [0, 0.05) is 18.2 Å². The highest BCUT2D eigenvalue weighted by molar-refractivity contribution is 6.04. The van der Waals surface area contributed by atoms with Gasteiger partial charge in [-0.15, -0.1) is 0 Å². The Labute approximate surface area is 140 Å². The number of carbonyl (C=O) groups excluding carboxylic acids is 1. The van der Waals surface area contributed by atoms with Crippen molar-refractivity contribution in [1.82, 2.24) is 0 Å². The highest BCUT2D eigenvalue weighted by atomic mass is 16.4. The summed E-state index contributed by atoms with van der Waals surface area (Å²) in [5.41, 5.74) is 1.70. The van der Waals surface area contributed by atoms with E-state index in [1.165, 1.54) is 0 Å². The second-order valence-electron chi connectivity index (χ2n) is 6.25. The zero-order valence-electron chi connectivity index (χ0n) is 13.7. The number of aliphatic hydroxyl groups excluding tert-OH is 1. The maximum Gasteiger partial charge on any atom is 0.349 e. The molecule has 1 aliphatic carbocycles. The minimum absolute atomic E-state index is 0.0532. The summed E-state index contributed by atoms with van der Waals surface area (Å²) in [7, 11) is 0. The first-order valence-corrected chi connectivity index (χ1v) is 8.24. The molecule has 1 aromatic carbocycles. The van der Waals surface area contributed by atoms with E-state index in [4.69, 9.17) is 9.52 Å². The van der Waals surface area contributed by atoms with Crippen molar-refractivity contribution in [3.63, 3.8) is 0 Å². The Hall–Kier alpha value is -2.40. The van der Waals surface area contributed by atoms with E-state index in [1.54, 1.807) is 19.1 Å². The normalized spacial score (nSPS) is 14.2. The third-order valence-electron chi connectivity index (χ3n) is 4.51. The molecule has 0 saturated heterocycles. The van der Waals surface area contributed by atoms with Gasteiger partial charge >= 0.3 is 5.63 Å². The minimum Gasteiger partial charge on any atom is -0.427 e. The van der Waals surface area contributed by atoms with Crippen LogP contribution >= 0.6 is 0 Å². The Morgan fingerprint density at radius 1 is 1.29 bits per heavy atom. The average molecular weight is 327 g/mol. The summed E-state index contributed by atoms with van der Waals surface area (Å²) in [5, 5.41) is 11.6. The van der Waals surface area contributed by atoms with Crippen molar-refractivity contribution in [2.24, 2.45) is 0 Å². The molecule has 1 amide bonds. The predicted molar refractivity (Wildman–Crippen MR) is 91.5 cm³/mol. The molecule has 1 fully saturated rings. The van der Waals surface area contributed by atoms with Crippen LogP contribution in [0.25, 0.3) is 0 Å². The molecule has 1 aromatic heterocycles. The number of aryl methyl sites for hydroxylation is 1. The lowest BCUT2D eigenvalue weighted by Gasteiger charge is -2.24. The van der Waals surface area contributed by atoms with Crippen molar-refractivity contribution in [2.75, 3.05) is 11.9 Å². The van der Waals surface area contributed by atoms with Gasteiger partial charge < -0.3 is 14.8 Å². The molecule has 1 heterocycles. The molecule has 2 N–H and O–H groups in total. The number of nitrogens with one attached hydrogen (secondary N) is 1. The van der Waals surface area contributed by atoms with Gasteiger partial charge in [-0.1, -0.05) is 18.6 Å². The van der Waals surface area contributed by atoms with Crippen molar-refractivity contribution >= 4 is 11.6 Å². The van der Waals surface area contributed by atoms with E-state index >= 15 is 0 Å². The van der Waals surface area contributed by atoms with Crippen LogP contribution in [0.2, 0.25) is 0 Å². The van der Waals surface area contributed by atoms with E-state index < -0.39 is 11.5 Å². The van der Waals surface area contributed by atoms with Crippen LogP contribution in [0.15, 0.2) is 39.5 Å². The Morgan fingerprint density at radius 3 is 2.54 bits per heavy atom. The topological polar surface area (TPSA) is 79.5 Å². The minimum atomic E-state index is -0.577. The fourth-order valence-electron chi connectivity index (χ4n) is 2.88. The first-order valence-electron chi connectivity index (χ1n) is 8.24. The SMILES string of the molecule is Cc1cc(C2CCC2)oc(=O)c1C(=O)Nc1ccc(CCO)cc1. The van der Waals surface area contributed by atoms with E-state index in [-0.39, 0.29) is 12.2 Å². The second kappa shape index (κ2) is 7.01. The first-order chi connectivity index (χ1) is 11.6. The predicted octanol–water partition coefficient (Wildman–Crippen LogP) is 3.00. The largest absolute Gasteiger partial charge is 0.427 e.